The molecule has 2 fully saturated rings. The number of methoxy groups -OCH3 is 2. The van der Waals surface area contributed by atoms with E-state index in [1.54, 1.807) is 20.2 Å². The average molecular weight is 776 g/mol. The summed E-state index contributed by atoms with van der Waals surface area (Å²) in [5, 5.41) is 4.29. The second-order valence-electron chi connectivity index (χ2n) is 15.9. The quantitative estimate of drug-likeness (QED) is 0.300. The molecule has 13 heteroatoms. The van der Waals surface area contributed by atoms with Gasteiger partial charge in [0.2, 0.25) is 5.88 Å². The van der Waals surface area contributed by atoms with Crippen molar-refractivity contribution in [2.45, 2.75) is 81.2 Å². The summed E-state index contributed by atoms with van der Waals surface area (Å²) in [5.41, 5.74) is 5.30. The van der Waals surface area contributed by atoms with E-state index >= 15 is 4.21 Å². The van der Waals surface area contributed by atoms with Crippen molar-refractivity contribution in [2.75, 3.05) is 38.8 Å². The summed E-state index contributed by atoms with van der Waals surface area (Å²) in [7, 11) is 1.14. The van der Waals surface area contributed by atoms with Gasteiger partial charge < -0.3 is 19.1 Å². The van der Waals surface area contributed by atoms with Crippen molar-refractivity contribution >= 4 is 39.0 Å². The van der Waals surface area contributed by atoms with Crippen LogP contribution in [0.5, 0.6) is 5.88 Å². The molecule has 4 bridgehead atoms. The monoisotopic (exact) mass is 775 g/mol. The number of nitrogens with one attached hydrogen (secondary N) is 1. The van der Waals surface area contributed by atoms with Crippen molar-refractivity contribution in [1.29, 1.82) is 0 Å². The smallest absolute Gasteiger partial charge is 0.286 e. The minimum Gasteiger partial charge on any atom is -0.479 e. The number of fused-ring (bicyclic) bond motifs is 6. The SMILES string of the molecule is COc1nn(C)cc1C(=O)NS1(=O)=NC(=O)c2ccc3c(c2)N(CC2CCC2C(OC)/C=C/C2OCCC1C2C)CC1(CCCc2cc(Cl)ccc21)CC3. The predicted octanol–water partition coefficient (Wildman–Crippen LogP) is 6.47. The van der Waals surface area contributed by atoms with Crippen LogP contribution < -0.4 is 14.4 Å². The summed E-state index contributed by atoms with van der Waals surface area (Å²) in [6.07, 6.45) is 12.6. The minimum absolute atomic E-state index is 0.0662. The Hall–Kier alpha value is -3.71. The van der Waals surface area contributed by atoms with E-state index in [2.05, 4.69) is 37.3 Å². The van der Waals surface area contributed by atoms with Gasteiger partial charge in [-0.3, -0.25) is 19.0 Å². The lowest BCUT2D eigenvalue weighted by Crippen LogP contribution is -2.49. The van der Waals surface area contributed by atoms with Crippen LogP contribution in [0.4, 0.5) is 5.69 Å². The standard InChI is InChI=1S/C41H50ClN5O6S/c1-25-35-13-14-36(51-3)31-11-9-29(31)22-47-24-41(17-5-6-27-20-30(42)10-12-33(27)41)18-15-26-7-8-28(21-34(26)47)38(48)44-54(50,37(25)16-19-53-35)45-39(49)32-23-46(2)43-40(32)52-4/h7-8,10,12-14,20-21,23,25,29,31,35-37H,5-6,9,11,15-19,22,24H2,1-4H3,(H,44,45,48,49,50)/b14-13+. The molecule has 3 aliphatic heterocycles. The molecular weight excluding hydrogens is 726 g/mol. The van der Waals surface area contributed by atoms with Crippen molar-refractivity contribution in [3.8, 4) is 5.88 Å². The molecule has 2 amide bonds. The Morgan fingerprint density at radius 3 is 2.70 bits per heavy atom. The number of carbonyl (C=O) groups excluding carboxylic acids is 2. The second kappa shape index (κ2) is 14.7. The molecule has 8 unspecified atom stereocenters. The third kappa shape index (κ3) is 6.77. The molecule has 11 nitrogen and oxygen atoms in total. The summed E-state index contributed by atoms with van der Waals surface area (Å²) in [6, 6.07) is 12.2. The molecule has 2 aromatic carbocycles. The zero-order valence-corrected chi connectivity index (χ0v) is 33.0. The molecule has 4 heterocycles. The second-order valence-corrected chi connectivity index (χ2v) is 18.5. The Morgan fingerprint density at radius 2 is 1.93 bits per heavy atom. The molecule has 54 heavy (non-hydrogen) atoms. The van der Waals surface area contributed by atoms with Gasteiger partial charge >= 0.3 is 0 Å². The normalized spacial score (nSPS) is 32.7. The Kier molecular flexibility index (Phi) is 10.2. The number of benzene rings is 2. The highest BCUT2D eigenvalue weighted by molar-refractivity contribution is 7.93. The van der Waals surface area contributed by atoms with Crippen molar-refractivity contribution in [3.63, 3.8) is 0 Å². The Morgan fingerprint density at radius 1 is 1.07 bits per heavy atom. The van der Waals surface area contributed by atoms with Crippen LogP contribution in [-0.2, 0) is 44.7 Å². The zero-order valence-electron chi connectivity index (χ0n) is 31.5. The number of ether oxygens (including phenoxy) is 3. The molecule has 1 N–H and O–H groups in total. The van der Waals surface area contributed by atoms with E-state index in [9.17, 15) is 9.59 Å². The van der Waals surface area contributed by atoms with Gasteiger partial charge in [0.05, 0.1) is 24.6 Å². The maximum absolute atomic E-state index is 15.3. The van der Waals surface area contributed by atoms with Gasteiger partial charge in [-0.05, 0) is 104 Å². The highest BCUT2D eigenvalue weighted by atomic mass is 35.5. The van der Waals surface area contributed by atoms with Crippen molar-refractivity contribution in [1.82, 2.24) is 14.5 Å². The van der Waals surface area contributed by atoms with Gasteiger partial charge in [0.15, 0.2) is 0 Å². The van der Waals surface area contributed by atoms with Gasteiger partial charge in [-0.15, -0.1) is 9.46 Å². The Balaban J connectivity index is 1.25. The van der Waals surface area contributed by atoms with Crippen LogP contribution in [0.2, 0.25) is 5.02 Å². The molecule has 8 atom stereocenters. The molecular formula is C41H50ClN5O6S. The predicted molar refractivity (Wildman–Crippen MR) is 209 cm³/mol. The topological polar surface area (TPSA) is 124 Å². The number of carbonyl (C=O) groups is 2. The van der Waals surface area contributed by atoms with Crippen LogP contribution >= 0.6 is 11.6 Å². The molecule has 288 valence electrons. The first-order valence-corrected chi connectivity index (χ1v) is 21.2. The summed E-state index contributed by atoms with van der Waals surface area (Å²) in [4.78, 5) is 30.7. The average Bonchev–Trinajstić information content (AvgIpc) is 3.46. The van der Waals surface area contributed by atoms with E-state index in [0.29, 0.717) is 30.4 Å². The minimum atomic E-state index is -3.71. The molecule has 0 radical (unpaired) electrons. The Labute approximate surface area is 323 Å². The summed E-state index contributed by atoms with van der Waals surface area (Å²) >= 11 is 6.51. The zero-order chi connectivity index (χ0) is 37.8. The van der Waals surface area contributed by atoms with Gasteiger partial charge in [-0.1, -0.05) is 42.8 Å². The van der Waals surface area contributed by atoms with Crippen LogP contribution in [0.25, 0.3) is 0 Å². The van der Waals surface area contributed by atoms with E-state index < -0.39 is 33.1 Å². The molecule has 8 rings (SSSR count). The van der Waals surface area contributed by atoms with Gasteiger partial charge in [0.25, 0.3) is 11.8 Å². The first-order chi connectivity index (χ1) is 26.0. The third-order valence-electron chi connectivity index (χ3n) is 12.8. The van der Waals surface area contributed by atoms with E-state index in [4.69, 9.17) is 25.8 Å². The van der Waals surface area contributed by atoms with Gasteiger partial charge in [-0.25, -0.2) is 4.21 Å². The number of rotatable bonds is 4. The van der Waals surface area contributed by atoms with Crippen molar-refractivity contribution in [2.24, 2.45) is 29.2 Å². The van der Waals surface area contributed by atoms with Crippen LogP contribution in [0.15, 0.2) is 59.1 Å². The number of aryl methyl sites for hydroxylation is 3. The fourth-order valence-corrected chi connectivity index (χ4v) is 12.2. The lowest BCUT2D eigenvalue weighted by molar-refractivity contribution is 0.00278. The number of hydrogen-bond donors (Lipinski definition) is 1. The lowest BCUT2D eigenvalue weighted by Gasteiger charge is -2.46. The van der Waals surface area contributed by atoms with Gasteiger partial charge in [0.1, 0.15) is 15.5 Å². The van der Waals surface area contributed by atoms with Crippen LogP contribution in [0.1, 0.15) is 82.9 Å². The fourth-order valence-electron chi connectivity index (χ4n) is 9.82. The molecule has 1 aromatic heterocycles. The number of anilines is 1. The van der Waals surface area contributed by atoms with Gasteiger partial charge in [0, 0.05) is 67.7 Å². The molecule has 1 saturated heterocycles. The lowest BCUT2D eigenvalue weighted by atomic mass is 9.66. The molecule has 2 aliphatic carbocycles. The van der Waals surface area contributed by atoms with Crippen molar-refractivity contribution in [3.05, 3.63) is 87.6 Å². The van der Waals surface area contributed by atoms with E-state index in [0.717, 1.165) is 68.7 Å². The highest BCUT2D eigenvalue weighted by Gasteiger charge is 2.44. The largest absolute Gasteiger partial charge is 0.479 e. The number of nitrogens with zero attached hydrogens (tertiary/aromatic N) is 4. The number of amides is 2. The number of aromatic nitrogens is 2. The van der Waals surface area contributed by atoms with E-state index in [-0.39, 0.29) is 28.9 Å². The summed E-state index contributed by atoms with van der Waals surface area (Å²) < 4.78 is 41.7. The molecule has 5 aliphatic rings. The van der Waals surface area contributed by atoms with Crippen molar-refractivity contribution < 1.29 is 28.0 Å². The molecule has 1 saturated carbocycles. The maximum atomic E-state index is 15.3. The highest BCUT2D eigenvalue weighted by Crippen LogP contribution is 2.48. The van der Waals surface area contributed by atoms with E-state index in [1.807, 2.05) is 31.2 Å². The van der Waals surface area contributed by atoms with Crippen LogP contribution in [0.3, 0.4) is 0 Å². The molecule has 3 aromatic rings. The number of hydrogen-bond acceptors (Lipinski definition) is 8. The first-order valence-electron chi connectivity index (χ1n) is 19.2. The molecule has 1 spiro atoms. The first kappa shape index (κ1) is 37.2. The summed E-state index contributed by atoms with van der Waals surface area (Å²) in [6.45, 7) is 3.88. The maximum Gasteiger partial charge on any atom is 0.286 e. The van der Waals surface area contributed by atoms with E-state index in [1.165, 1.54) is 34.7 Å². The fraction of sp³-hybridized carbons (Fsp3) is 0.537. The van der Waals surface area contributed by atoms with Gasteiger partial charge in [-0.2, -0.15) is 0 Å². The third-order valence-corrected chi connectivity index (χ3v) is 15.4. The van der Waals surface area contributed by atoms with Crippen LogP contribution in [-0.4, -0.2) is 77.2 Å². The number of halogens is 1. The summed E-state index contributed by atoms with van der Waals surface area (Å²) in [5.74, 6) is -0.855. The Bertz CT molecular complexity index is 2110. The van der Waals surface area contributed by atoms with Crippen LogP contribution in [0, 0.1) is 17.8 Å².